The summed E-state index contributed by atoms with van der Waals surface area (Å²) in [5, 5.41) is 8.42. The molecule has 1 N–H and O–H groups in total. The van der Waals surface area contributed by atoms with E-state index in [2.05, 4.69) is 10.4 Å². The van der Waals surface area contributed by atoms with Gasteiger partial charge in [0.1, 0.15) is 0 Å². The Morgan fingerprint density at radius 2 is 1.62 bits per heavy atom. The molecule has 0 bridgehead atoms. The number of hydrogen-bond acceptors (Lipinski definition) is 4. The molecule has 0 amide bonds. The van der Waals surface area contributed by atoms with Crippen LogP contribution < -0.4 is 5.32 Å². The number of benzene rings is 2. The molecule has 0 spiro atoms. The third-order valence-corrected chi connectivity index (χ3v) is 5.20. The zero-order valence-electron chi connectivity index (χ0n) is 14.2. The highest BCUT2D eigenvalue weighted by Gasteiger charge is 2.24. The van der Waals surface area contributed by atoms with E-state index in [4.69, 9.17) is 0 Å². The van der Waals surface area contributed by atoms with Gasteiger partial charge < -0.3 is 5.32 Å². The zero-order valence-corrected chi connectivity index (χ0v) is 15.1. The minimum absolute atomic E-state index is 0.226. The van der Waals surface area contributed by atoms with E-state index in [1.807, 2.05) is 45.9 Å². The summed E-state index contributed by atoms with van der Waals surface area (Å²) < 4.78 is 27.1. The molecule has 24 heavy (non-hydrogen) atoms. The van der Waals surface area contributed by atoms with E-state index in [0.717, 1.165) is 15.0 Å². The third-order valence-electron chi connectivity index (χ3n) is 3.60. The minimum atomic E-state index is -3.75. The van der Waals surface area contributed by atoms with Crippen LogP contribution in [0.15, 0.2) is 53.4 Å². The van der Waals surface area contributed by atoms with Gasteiger partial charge in [0.15, 0.2) is 5.82 Å². The Morgan fingerprint density at radius 1 is 1.00 bits per heavy atom. The zero-order chi connectivity index (χ0) is 17.5. The predicted octanol–water partition coefficient (Wildman–Crippen LogP) is 3.79. The second-order valence-corrected chi connectivity index (χ2v) is 8.67. The average Bonchev–Trinajstić information content (AvgIpc) is 2.86. The number of aryl methyl sites for hydroxylation is 1. The van der Waals surface area contributed by atoms with Gasteiger partial charge in [0.25, 0.3) is 10.0 Å². The molecular weight excluding hydrogens is 322 g/mol. The molecule has 0 radical (unpaired) electrons. The van der Waals surface area contributed by atoms with Crippen molar-refractivity contribution in [3.63, 3.8) is 0 Å². The van der Waals surface area contributed by atoms with E-state index in [1.54, 1.807) is 30.3 Å². The normalized spacial score (nSPS) is 12.5. The van der Waals surface area contributed by atoms with Gasteiger partial charge in [-0.25, -0.2) is 0 Å². The van der Waals surface area contributed by atoms with Gasteiger partial charge in [-0.05, 0) is 52.0 Å². The number of hydrogen-bond donors (Lipinski definition) is 1. The van der Waals surface area contributed by atoms with Gasteiger partial charge in [-0.1, -0.05) is 29.8 Å². The molecule has 0 aliphatic rings. The Kier molecular flexibility index (Phi) is 3.87. The Morgan fingerprint density at radius 3 is 2.25 bits per heavy atom. The van der Waals surface area contributed by atoms with E-state index in [9.17, 15) is 8.42 Å². The van der Waals surface area contributed by atoms with Crippen molar-refractivity contribution in [2.75, 3.05) is 5.32 Å². The van der Waals surface area contributed by atoms with Crippen molar-refractivity contribution in [1.82, 2.24) is 9.19 Å². The Bertz CT molecular complexity index is 981. The monoisotopic (exact) mass is 343 g/mol. The molecule has 0 saturated carbocycles. The molecule has 6 heteroatoms. The number of rotatable bonds is 3. The second kappa shape index (κ2) is 5.63. The summed E-state index contributed by atoms with van der Waals surface area (Å²) in [6.07, 6.45) is 0. The summed E-state index contributed by atoms with van der Waals surface area (Å²) in [7, 11) is -3.75. The standard InChI is InChI=1S/C18H21N3O2S/c1-13-9-11-14(12-10-13)24(22,23)21-16-8-6-5-7-15(16)17(20-21)19-18(2,3)4/h5-12H,1-4H3,(H,19,20). The maximum absolute atomic E-state index is 13.0. The first-order chi connectivity index (χ1) is 11.2. The van der Waals surface area contributed by atoms with E-state index in [-0.39, 0.29) is 10.4 Å². The Labute approximate surface area is 142 Å². The van der Waals surface area contributed by atoms with Crippen LogP contribution in [0.5, 0.6) is 0 Å². The van der Waals surface area contributed by atoms with Crippen LogP contribution >= 0.6 is 0 Å². The molecule has 3 aromatic rings. The largest absolute Gasteiger partial charge is 0.363 e. The van der Waals surface area contributed by atoms with Gasteiger partial charge in [-0.2, -0.15) is 12.5 Å². The summed E-state index contributed by atoms with van der Waals surface area (Å²) >= 11 is 0. The molecule has 2 aromatic carbocycles. The summed E-state index contributed by atoms with van der Waals surface area (Å²) in [4.78, 5) is 0.226. The van der Waals surface area contributed by atoms with Crippen molar-refractivity contribution < 1.29 is 8.42 Å². The number of anilines is 1. The van der Waals surface area contributed by atoms with E-state index < -0.39 is 10.0 Å². The smallest absolute Gasteiger partial charge is 0.283 e. The molecule has 0 aliphatic carbocycles. The van der Waals surface area contributed by atoms with E-state index in [0.29, 0.717) is 11.3 Å². The highest BCUT2D eigenvalue weighted by Crippen LogP contribution is 2.28. The SMILES string of the molecule is Cc1ccc(S(=O)(=O)n2nc(NC(C)(C)C)c3ccccc32)cc1. The quantitative estimate of drug-likeness (QED) is 0.786. The first-order valence-corrected chi connectivity index (χ1v) is 9.21. The predicted molar refractivity (Wildman–Crippen MR) is 96.9 cm³/mol. The summed E-state index contributed by atoms with van der Waals surface area (Å²) in [6, 6.07) is 14.1. The maximum atomic E-state index is 13.0. The first-order valence-electron chi connectivity index (χ1n) is 7.77. The molecule has 1 aromatic heterocycles. The lowest BCUT2D eigenvalue weighted by atomic mass is 10.1. The van der Waals surface area contributed by atoms with Gasteiger partial charge in [0, 0.05) is 10.9 Å². The lowest BCUT2D eigenvalue weighted by Crippen LogP contribution is -2.26. The topological polar surface area (TPSA) is 64.0 Å². The van der Waals surface area contributed by atoms with Crippen LogP contribution in [0.4, 0.5) is 5.82 Å². The molecule has 0 unspecified atom stereocenters. The van der Waals surface area contributed by atoms with Gasteiger partial charge in [0.05, 0.1) is 10.4 Å². The van der Waals surface area contributed by atoms with Crippen LogP contribution in [0.2, 0.25) is 0 Å². The first kappa shape index (κ1) is 16.5. The number of nitrogens with zero attached hydrogens (tertiary/aromatic N) is 2. The molecule has 5 nitrogen and oxygen atoms in total. The minimum Gasteiger partial charge on any atom is -0.363 e. The fraction of sp³-hybridized carbons (Fsp3) is 0.278. The fourth-order valence-corrected chi connectivity index (χ4v) is 3.77. The summed E-state index contributed by atoms with van der Waals surface area (Å²) in [6.45, 7) is 7.95. The molecule has 0 saturated heterocycles. The van der Waals surface area contributed by atoms with E-state index >= 15 is 0 Å². The molecule has 1 heterocycles. The maximum Gasteiger partial charge on any atom is 0.283 e. The molecule has 0 atom stereocenters. The number of para-hydroxylation sites is 1. The second-order valence-electron chi connectivity index (χ2n) is 6.90. The average molecular weight is 343 g/mol. The van der Waals surface area contributed by atoms with Gasteiger partial charge in [-0.3, -0.25) is 0 Å². The molecule has 126 valence electrons. The van der Waals surface area contributed by atoms with Crippen molar-refractivity contribution in [2.45, 2.75) is 38.1 Å². The van der Waals surface area contributed by atoms with Crippen LogP contribution in [-0.2, 0) is 10.0 Å². The molecule has 0 fully saturated rings. The number of aromatic nitrogens is 2. The van der Waals surface area contributed by atoms with Crippen molar-refractivity contribution >= 4 is 26.7 Å². The van der Waals surface area contributed by atoms with Crippen LogP contribution in [0, 0.1) is 6.92 Å². The Hall–Kier alpha value is -2.34. The lowest BCUT2D eigenvalue weighted by molar-refractivity contribution is 0.581. The van der Waals surface area contributed by atoms with Crippen molar-refractivity contribution in [2.24, 2.45) is 0 Å². The summed E-state index contributed by atoms with van der Waals surface area (Å²) in [5.74, 6) is 0.564. The molecule has 0 aliphatic heterocycles. The van der Waals surface area contributed by atoms with Crippen molar-refractivity contribution in [3.05, 3.63) is 54.1 Å². The van der Waals surface area contributed by atoms with Crippen LogP contribution in [0.1, 0.15) is 26.3 Å². The van der Waals surface area contributed by atoms with Gasteiger partial charge in [0.2, 0.25) is 0 Å². The fourth-order valence-electron chi connectivity index (χ4n) is 2.48. The lowest BCUT2D eigenvalue weighted by Gasteiger charge is -2.20. The van der Waals surface area contributed by atoms with Crippen molar-refractivity contribution in [3.8, 4) is 0 Å². The highest BCUT2D eigenvalue weighted by atomic mass is 32.2. The van der Waals surface area contributed by atoms with Crippen LogP contribution in [0.3, 0.4) is 0 Å². The summed E-state index contributed by atoms with van der Waals surface area (Å²) in [5.41, 5.74) is 1.34. The molecule has 3 rings (SSSR count). The van der Waals surface area contributed by atoms with Gasteiger partial charge in [-0.15, -0.1) is 5.10 Å². The van der Waals surface area contributed by atoms with Crippen LogP contribution in [-0.4, -0.2) is 23.1 Å². The Balaban J connectivity index is 2.21. The third kappa shape index (κ3) is 3.01. The number of nitrogens with one attached hydrogen (secondary N) is 1. The van der Waals surface area contributed by atoms with Crippen LogP contribution in [0.25, 0.3) is 10.9 Å². The highest BCUT2D eigenvalue weighted by molar-refractivity contribution is 7.90. The van der Waals surface area contributed by atoms with Crippen molar-refractivity contribution in [1.29, 1.82) is 0 Å². The number of fused-ring (bicyclic) bond motifs is 1. The van der Waals surface area contributed by atoms with Gasteiger partial charge >= 0.3 is 0 Å². The van der Waals surface area contributed by atoms with E-state index in [1.165, 1.54) is 0 Å². The molecular formula is C18H21N3O2S.